The number of anilines is 3. The smallest absolute Gasteiger partial charge is 0.0739 e. The summed E-state index contributed by atoms with van der Waals surface area (Å²) in [6.45, 7) is 0. The highest BCUT2D eigenvalue weighted by atomic mass is 14.9. The molecule has 0 unspecified atom stereocenters. The van der Waals surface area contributed by atoms with Gasteiger partial charge in [-0.25, -0.2) is 0 Å². The molecule has 0 atom stereocenters. The molecule has 0 radical (unpaired) electrons. The van der Waals surface area contributed by atoms with Gasteiger partial charge in [0.15, 0.2) is 0 Å². The number of pyridine rings is 1. The van der Waals surface area contributed by atoms with Crippen molar-refractivity contribution in [2.24, 2.45) is 0 Å². The van der Waals surface area contributed by atoms with Crippen LogP contribution in [0, 0.1) is 0 Å². The Balaban J connectivity index is 1.98. The van der Waals surface area contributed by atoms with Crippen molar-refractivity contribution in [3.63, 3.8) is 0 Å². The molecule has 88 valence electrons. The van der Waals surface area contributed by atoms with Crippen molar-refractivity contribution in [2.45, 2.75) is 0 Å². The molecule has 3 rings (SSSR count). The van der Waals surface area contributed by atoms with Gasteiger partial charge >= 0.3 is 0 Å². The SMILES string of the molecule is Nc1cnccc1Nc1ccc2ccccc2c1. The van der Waals surface area contributed by atoms with Crippen molar-refractivity contribution < 1.29 is 0 Å². The van der Waals surface area contributed by atoms with Crippen LogP contribution in [0.5, 0.6) is 0 Å². The number of fused-ring (bicyclic) bond motifs is 1. The van der Waals surface area contributed by atoms with Gasteiger partial charge in [0.2, 0.25) is 0 Å². The quantitative estimate of drug-likeness (QED) is 0.714. The first-order valence-corrected chi connectivity index (χ1v) is 5.78. The van der Waals surface area contributed by atoms with E-state index in [1.54, 1.807) is 12.4 Å². The van der Waals surface area contributed by atoms with Gasteiger partial charge in [-0.05, 0) is 29.0 Å². The molecule has 1 heterocycles. The Kier molecular flexibility index (Phi) is 2.57. The molecule has 0 saturated carbocycles. The molecule has 1 aromatic heterocycles. The summed E-state index contributed by atoms with van der Waals surface area (Å²) in [5, 5.41) is 5.73. The molecule has 3 nitrogen and oxygen atoms in total. The van der Waals surface area contributed by atoms with Gasteiger partial charge in [0.25, 0.3) is 0 Å². The summed E-state index contributed by atoms with van der Waals surface area (Å²) in [7, 11) is 0. The second-order valence-corrected chi connectivity index (χ2v) is 4.15. The predicted octanol–water partition coefficient (Wildman–Crippen LogP) is 3.56. The fourth-order valence-electron chi connectivity index (χ4n) is 1.94. The second-order valence-electron chi connectivity index (χ2n) is 4.15. The van der Waals surface area contributed by atoms with E-state index >= 15 is 0 Å². The van der Waals surface area contributed by atoms with Gasteiger partial charge < -0.3 is 11.1 Å². The molecule has 0 fully saturated rings. The van der Waals surface area contributed by atoms with Gasteiger partial charge in [0.1, 0.15) is 0 Å². The first-order valence-electron chi connectivity index (χ1n) is 5.78. The van der Waals surface area contributed by atoms with Gasteiger partial charge in [-0.1, -0.05) is 30.3 Å². The largest absolute Gasteiger partial charge is 0.396 e. The molecule has 0 bridgehead atoms. The molecule has 0 aliphatic carbocycles. The van der Waals surface area contributed by atoms with E-state index in [4.69, 9.17) is 5.73 Å². The van der Waals surface area contributed by atoms with E-state index in [2.05, 4.69) is 34.6 Å². The van der Waals surface area contributed by atoms with Crippen LogP contribution in [0.4, 0.5) is 17.1 Å². The average Bonchev–Trinajstić information content (AvgIpc) is 2.41. The van der Waals surface area contributed by atoms with E-state index in [0.29, 0.717) is 5.69 Å². The number of nitrogens with zero attached hydrogens (tertiary/aromatic N) is 1. The Bertz CT molecular complexity index is 692. The zero-order valence-electron chi connectivity index (χ0n) is 9.80. The van der Waals surface area contributed by atoms with Crippen molar-refractivity contribution in [2.75, 3.05) is 11.1 Å². The maximum atomic E-state index is 5.86. The van der Waals surface area contributed by atoms with E-state index in [9.17, 15) is 0 Å². The van der Waals surface area contributed by atoms with Crippen molar-refractivity contribution in [1.82, 2.24) is 4.98 Å². The number of nitrogens with one attached hydrogen (secondary N) is 1. The average molecular weight is 235 g/mol. The number of benzene rings is 2. The minimum Gasteiger partial charge on any atom is -0.396 e. The molecular weight excluding hydrogens is 222 g/mol. The van der Waals surface area contributed by atoms with Crippen LogP contribution in [0.2, 0.25) is 0 Å². The Morgan fingerprint density at radius 3 is 2.61 bits per heavy atom. The van der Waals surface area contributed by atoms with Crippen LogP contribution in [0.1, 0.15) is 0 Å². The summed E-state index contributed by atoms with van der Waals surface area (Å²) >= 11 is 0. The standard InChI is InChI=1S/C15H13N3/c16-14-10-17-8-7-15(14)18-13-6-5-11-3-1-2-4-12(11)9-13/h1-10H,16H2,(H,17,18). The molecule has 0 spiro atoms. The molecule has 2 aromatic carbocycles. The first-order chi connectivity index (χ1) is 8.83. The van der Waals surface area contributed by atoms with Crippen LogP contribution < -0.4 is 11.1 Å². The third kappa shape index (κ3) is 1.98. The molecule has 0 aliphatic rings. The van der Waals surface area contributed by atoms with Gasteiger partial charge in [-0.3, -0.25) is 4.98 Å². The molecule has 0 amide bonds. The maximum Gasteiger partial charge on any atom is 0.0739 e. The lowest BCUT2D eigenvalue weighted by Crippen LogP contribution is -1.96. The van der Waals surface area contributed by atoms with Crippen molar-refractivity contribution >= 4 is 27.8 Å². The monoisotopic (exact) mass is 235 g/mol. The van der Waals surface area contributed by atoms with E-state index in [0.717, 1.165) is 11.4 Å². The lowest BCUT2D eigenvalue weighted by molar-refractivity contribution is 1.33. The van der Waals surface area contributed by atoms with Crippen LogP contribution in [-0.2, 0) is 0 Å². The number of aromatic nitrogens is 1. The van der Waals surface area contributed by atoms with E-state index in [1.165, 1.54) is 10.8 Å². The summed E-state index contributed by atoms with van der Waals surface area (Å²) in [4.78, 5) is 3.97. The van der Waals surface area contributed by atoms with Crippen molar-refractivity contribution in [3.8, 4) is 0 Å². The lowest BCUT2D eigenvalue weighted by Gasteiger charge is -2.09. The van der Waals surface area contributed by atoms with Gasteiger partial charge in [0.05, 0.1) is 17.6 Å². The van der Waals surface area contributed by atoms with E-state index in [1.807, 2.05) is 24.3 Å². The Morgan fingerprint density at radius 1 is 0.944 bits per heavy atom. The zero-order chi connectivity index (χ0) is 12.4. The van der Waals surface area contributed by atoms with Gasteiger partial charge in [-0.2, -0.15) is 0 Å². The number of hydrogen-bond donors (Lipinski definition) is 2. The second kappa shape index (κ2) is 4.37. The van der Waals surface area contributed by atoms with E-state index < -0.39 is 0 Å². The Labute approximate surface area is 105 Å². The maximum absolute atomic E-state index is 5.86. The summed E-state index contributed by atoms with van der Waals surface area (Å²) in [6, 6.07) is 16.4. The van der Waals surface area contributed by atoms with Crippen molar-refractivity contribution in [1.29, 1.82) is 0 Å². The van der Waals surface area contributed by atoms with Gasteiger partial charge in [-0.15, -0.1) is 0 Å². The lowest BCUT2D eigenvalue weighted by atomic mass is 10.1. The van der Waals surface area contributed by atoms with Crippen molar-refractivity contribution in [3.05, 3.63) is 60.9 Å². The minimum atomic E-state index is 0.644. The number of rotatable bonds is 2. The number of nitrogen functional groups attached to an aromatic ring is 1. The first kappa shape index (κ1) is 10.6. The molecule has 18 heavy (non-hydrogen) atoms. The van der Waals surface area contributed by atoms with Crippen LogP contribution >= 0.6 is 0 Å². The molecule has 3 N–H and O–H groups in total. The molecular formula is C15H13N3. The normalized spacial score (nSPS) is 10.4. The van der Waals surface area contributed by atoms with Gasteiger partial charge in [0, 0.05) is 11.9 Å². The van der Waals surface area contributed by atoms with Crippen LogP contribution in [0.15, 0.2) is 60.9 Å². The molecule has 0 aliphatic heterocycles. The minimum absolute atomic E-state index is 0.644. The highest BCUT2D eigenvalue weighted by molar-refractivity contribution is 5.87. The topological polar surface area (TPSA) is 50.9 Å². The highest BCUT2D eigenvalue weighted by Crippen LogP contribution is 2.24. The summed E-state index contributed by atoms with van der Waals surface area (Å²) in [6.07, 6.45) is 3.36. The molecule has 3 heteroatoms. The zero-order valence-corrected chi connectivity index (χ0v) is 9.80. The van der Waals surface area contributed by atoms with E-state index in [-0.39, 0.29) is 0 Å². The number of hydrogen-bond acceptors (Lipinski definition) is 3. The molecule has 0 saturated heterocycles. The third-order valence-electron chi connectivity index (χ3n) is 2.88. The van der Waals surface area contributed by atoms with Crippen LogP contribution in [0.25, 0.3) is 10.8 Å². The Hall–Kier alpha value is -2.55. The summed E-state index contributed by atoms with van der Waals surface area (Å²) in [5.41, 5.74) is 8.40. The number of nitrogens with two attached hydrogens (primary N) is 1. The fraction of sp³-hybridized carbons (Fsp3) is 0. The third-order valence-corrected chi connectivity index (χ3v) is 2.88. The summed E-state index contributed by atoms with van der Waals surface area (Å²) in [5.74, 6) is 0. The Morgan fingerprint density at radius 2 is 1.78 bits per heavy atom. The summed E-state index contributed by atoms with van der Waals surface area (Å²) < 4.78 is 0. The van der Waals surface area contributed by atoms with Crippen LogP contribution in [0.3, 0.4) is 0 Å². The molecule has 3 aromatic rings. The predicted molar refractivity (Wildman–Crippen MR) is 75.9 cm³/mol. The highest BCUT2D eigenvalue weighted by Gasteiger charge is 2.00. The fourth-order valence-corrected chi connectivity index (χ4v) is 1.94. The van der Waals surface area contributed by atoms with Crippen LogP contribution in [-0.4, -0.2) is 4.98 Å².